The summed E-state index contributed by atoms with van der Waals surface area (Å²) in [4.78, 5) is 17.9. The van der Waals surface area contributed by atoms with Crippen LogP contribution >= 0.6 is 11.6 Å². The summed E-state index contributed by atoms with van der Waals surface area (Å²) in [6.07, 6.45) is 1.54. The normalized spacial score (nSPS) is 14.8. The van der Waals surface area contributed by atoms with Crippen molar-refractivity contribution in [2.24, 2.45) is 0 Å². The minimum Gasteiger partial charge on any atom is -0.378 e. The van der Waals surface area contributed by atoms with Gasteiger partial charge in [-0.2, -0.15) is 0 Å². The van der Waals surface area contributed by atoms with E-state index in [1.807, 2.05) is 20.8 Å². The molecule has 0 unspecified atom stereocenters. The van der Waals surface area contributed by atoms with E-state index in [0.29, 0.717) is 36.9 Å². The number of carbonyl (C=O) groups excluding carboxylic acids is 1. The first-order chi connectivity index (χ1) is 8.68. The van der Waals surface area contributed by atoms with Gasteiger partial charge in [-0.05, 0) is 13.0 Å². The van der Waals surface area contributed by atoms with Crippen LogP contribution in [0.4, 0.5) is 0 Å². The molecule has 18 heavy (non-hydrogen) atoms. The van der Waals surface area contributed by atoms with Crippen molar-refractivity contribution in [3.63, 3.8) is 0 Å². The van der Waals surface area contributed by atoms with E-state index < -0.39 is 0 Å². The Morgan fingerprint density at radius 3 is 2.56 bits per heavy atom. The molecule has 1 saturated heterocycles. The van der Waals surface area contributed by atoms with Crippen molar-refractivity contribution in [1.82, 2.24) is 9.88 Å². The Hall–Kier alpha value is -1.13. The highest BCUT2D eigenvalue weighted by atomic mass is 35.5. The Kier molecular flexibility index (Phi) is 6.09. The van der Waals surface area contributed by atoms with E-state index in [2.05, 4.69) is 4.98 Å². The molecule has 1 fully saturated rings. The van der Waals surface area contributed by atoms with Crippen LogP contribution in [0.5, 0.6) is 0 Å². The molecule has 5 heteroatoms. The number of hydrogen-bond donors (Lipinski definition) is 0. The summed E-state index contributed by atoms with van der Waals surface area (Å²) in [5.41, 5.74) is 1.28. The largest absolute Gasteiger partial charge is 0.378 e. The zero-order valence-corrected chi connectivity index (χ0v) is 11.8. The Labute approximate surface area is 113 Å². The van der Waals surface area contributed by atoms with Gasteiger partial charge in [0.25, 0.3) is 5.91 Å². The van der Waals surface area contributed by atoms with E-state index in [1.165, 1.54) is 6.20 Å². The molecule has 1 aliphatic heterocycles. The highest BCUT2D eigenvalue weighted by Gasteiger charge is 2.20. The molecule has 2 rings (SSSR count). The van der Waals surface area contributed by atoms with Gasteiger partial charge in [-0.3, -0.25) is 9.78 Å². The predicted octanol–water partition coefficient (Wildman–Crippen LogP) is 2.54. The third-order valence-electron chi connectivity index (χ3n) is 2.52. The number of rotatable bonds is 1. The summed E-state index contributed by atoms with van der Waals surface area (Å²) in [5, 5.41) is 0.462. The third-order valence-corrected chi connectivity index (χ3v) is 2.83. The van der Waals surface area contributed by atoms with Crippen LogP contribution in [0, 0.1) is 6.92 Å². The molecule has 2 heterocycles. The van der Waals surface area contributed by atoms with Crippen LogP contribution in [0.1, 0.15) is 29.9 Å². The molecule has 4 nitrogen and oxygen atoms in total. The second-order valence-electron chi connectivity index (χ2n) is 3.71. The number of ether oxygens (including phenoxy) is 1. The summed E-state index contributed by atoms with van der Waals surface area (Å²) in [6.45, 7) is 8.24. The second kappa shape index (κ2) is 7.34. The van der Waals surface area contributed by atoms with Gasteiger partial charge in [-0.25, -0.2) is 0 Å². The average molecular weight is 271 g/mol. The van der Waals surface area contributed by atoms with Crippen molar-refractivity contribution < 1.29 is 9.53 Å². The van der Waals surface area contributed by atoms with Gasteiger partial charge in [0.15, 0.2) is 0 Å². The molecule has 100 valence electrons. The maximum Gasteiger partial charge on any atom is 0.257 e. The molecule has 1 aromatic heterocycles. The smallest absolute Gasteiger partial charge is 0.257 e. The highest BCUT2D eigenvalue weighted by molar-refractivity contribution is 6.33. The van der Waals surface area contributed by atoms with E-state index in [0.717, 1.165) is 5.69 Å². The van der Waals surface area contributed by atoms with E-state index in [9.17, 15) is 4.79 Å². The van der Waals surface area contributed by atoms with E-state index >= 15 is 0 Å². The maximum atomic E-state index is 12.1. The average Bonchev–Trinajstić information content (AvgIpc) is 2.41. The Morgan fingerprint density at radius 2 is 2.00 bits per heavy atom. The molecule has 0 atom stereocenters. The summed E-state index contributed by atoms with van der Waals surface area (Å²) in [5.74, 6) is -0.0687. The quantitative estimate of drug-likeness (QED) is 0.788. The summed E-state index contributed by atoms with van der Waals surface area (Å²) < 4.78 is 5.19. The van der Waals surface area contributed by atoms with Crippen molar-refractivity contribution >= 4 is 17.5 Å². The lowest BCUT2D eigenvalue weighted by Gasteiger charge is -2.27. The first-order valence-electron chi connectivity index (χ1n) is 6.17. The second-order valence-corrected chi connectivity index (χ2v) is 4.12. The van der Waals surface area contributed by atoms with Crippen molar-refractivity contribution in [3.05, 3.63) is 28.5 Å². The van der Waals surface area contributed by atoms with Gasteiger partial charge < -0.3 is 9.64 Å². The summed E-state index contributed by atoms with van der Waals surface area (Å²) in [7, 11) is 0. The van der Waals surface area contributed by atoms with E-state index in [4.69, 9.17) is 16.3 Å². The molecular formula is C13H19ClN2O2. The van der Waals surface area contributed by atoms with Gasteiger partial charge >= 0.3 is 0 Å². The molecule has 0 aliphatic carbocycles. The van der Waals surface area contributed by atoms with Gasteiger partial charge in [0.2, 0.25) is 0 Å². The fourth-order valence-electron chi connectivity index (χ4n) is 1.62. The van der Waals surface area contributed by atoms with E-state index in [-0.39, 0.29) is 5.91 Å². The van der Waals surface area contributed by atoms with Crippen molar-refractivity contribution in [3.8, 4) is 0 Å². The Bertz CT molecular complexity index is 404. The number of hydrogen-bond acceptors (Lipinski definition) is 3. The monoisotopic (exact) mass is 270 g/mol. The molecule has 1 aromatic rings. The van der Waals surface area contributed by atoms with Crippen LogP contribution in [-0.2, 0) is 4.74 Å². The lowest BCUT2D eigenvalue weighted by Crippen LogP contribution is -2.40. The Balaban J connectivity index is 0.000000771. The first-order valence-corrected chi connectivity index (χ1v) is 6.55. The molecule has 0 radical (unpaired) electrons. The standard InChI is InChI=1S/C11H13ClN2O2.C2H6/c1-8-6-10(12)9(7-13-8)11(15)14-2-4-16-5-3-14;1-2/h6-7H,2-5H2,1H3;1-2H3. The van der Waals surface area contributed by atoms with Crippen molar-refractivity contribution in [2.75, 3.05) is 26.3 Å². The fraction of sp³-hybridized carbons (Fsp3) is 0.538. The van der Waals surface area contributed by atoms with Crippen molar-refractivity contribution in [1.29, 1.82) is 0 Å². The number of aryl methyl sites for hydroxylation is 1. The number of amides is 1. The lowest BCUT2D eigenvalue weighted by atomic mass is 10.2. The van der Waals surface area contributed by atoms with Crippen LogP contribution in [0.25, 0.3) is 0 Å². The van der Waals surface area contributed by atoms with E-state index in [1.54, 1.807) is 11.0 Å². The molecule has 1 aliphatic rings. The molecule has 0 aromatic carbocycles. The molecular weight excluding hydrogens is 252 g/mol. The van der Waals surface area contributed by atoms with Crippen LogP contribution < -0.4 is 0 Å². The number of aromatic nitrogens is 1. The number of carbonyl (C=O) groups is 1. The van der Waals surface area contributed by atoms with Gasteiger partial charge in [-0.1, -0.05) is 25.4 Å². The van der Waals surface area contributed by atoms with Crippen LogP contribution in [0.3, 0.4) is 0 Å². The van der Waals surface area contributed by atoms with Gasteiger partial charge in [0.1, 0.15) is 0 Å². The summed E-state index contributed by atoms with van der Waals surface area (Å²) >= 11 is 6.02. The first kappa shape index (κ1) is 14.9. The molecule has 0 N–H and O–H groups in total. The molecule has 0 saturated carbocycles. The number of pyridine rings is 1. The molecule has 0 spiro atoms. The van der Waals surface area contributed by atoms with Crippen LogP contribution in [0.15, 0.2) is 12.3 Å². The van der Waals surface area contributed by atoms with Crippen LogP contribution in [-0.4, -0.2) is 42.1 Å². The molecule has 1 amide bonds. The maximum absolute atomic E-state index is 12.1. The minimum absolute atomic E-state index is 0.0687. The topological polar surface area (TPSA) is 42.4 Å². The zero-order valence-electron chi connectivity index (χ0n) is 11.1. The number of halogens is 1. The van der Waals surface area contributed by atoms with Crippen LogP contribution in [0.2, 0.25) is 5.02 Å². The zero-order chi connectivity index (χ0) is 13.5. The van der Waals surface area contributed by atoms with Gasteiger partial charge in [-0.15, -0.1) is 0 Å². The number of morpholine rings is 1. The lowest BCUT2D eigenvalue weighted by molar-refractivity contribution is 0.0302. The highest BCUT2D eigenvalue weighted by Crippen LogP contribution is 2.18. The van der Waals surface area contributed by atoms with Gasteiger partial charge in [0.05, 0.1) is 23.8 Å². The minimum atomic E-state index is -0.0687. The molecule has 0 bridgehead atoms. The van der Waals surface area contributed by atoms with Gasteiger partial charge in [0, 0.05) is 25.0 Å². The number of nitrogens with zero attached hydrogens (tertiary/aromatic N) is 2. The fourth-order valence-corrected chi connectivity index (χ4v) is 1.91. The SMILES string of the molecule is CC.Cc1cc(Cl)c(C(=O)N2CCOCC2)cn1. The Morgan fingerprint density at radius 1 is 1.39 bits per heavy atom. The van der Waals surface area contributed by atoms with Crippen molar-refractivity contribution in [2.45, 2.75) is 20.8 Å². The predicted molar refractivity (Wildman–Crippen MR) is 72.1 cm³/mol. The third kappa shape index (κ3) is 3.68. The summed E-state index contributed by atoms with van der Waals surface area (Å²) in [6, 6.07) is 1.70.